The van der Waals surface area contributed by atoms with Gasteiger partial charge in [-0.15, -0.1) is 0 Å². The summed E-state index contributed by atoms with van der Waals surface area (Å²) < 4.78 is 34.6. The van der Waals surface area contributed by atoms with Gasteiger partial charge in [0.15, 0.2) is 0 Å². The van der Waals surface area contributed by atoms with Crippen molar-refractivity contribution in [1.82, 2.24) is 0 Å². The van der Waals surface area contributed by atoms with Gasteiger partial charge in [-0.25, -0.2) is 12.8 Å². The molecule has 74 valence electrons. The molecule has 0 bridgehead atoms. The Kier molecular flexibility index (Phi) is 3.09. The third kappa shape index (κ3) is 2.69. The van der Waals surface area contributed by atoms with Gasteiger partial charge in [-0.1, -0.05) is 0 Å². The molecule has 0 amide bonds. The standard InChI is InChI=1S/C8H5ClFNO2S/c9-14(12,13)8-4-6(1-2-11)3-7(10)5-8/h3-5H,1H2. The van der Waals surface area contributed by atoms with Gasteiger partial charge in [0, 0.05) is 10.7 Å². The zero-order chi connectivity index (χ0) is 10.8. The van der Waals surface area contributed by atoms with Crippen LogP contribution >= 0.6 is 10.7 Å². The number of hydrogen-bond donors (Lipinski definition) is 0. The third-order valence-electron chi connectivity index (χ3n) is 1.50. The van der Waals surface area contributed by atoms with E-state index in [0.29, 0.717) is 0 Å². The highest BCUT2D eigenvalue weighted by molar-refractivity contribution is 8.13. The van der Waals surface area contributed by atoms with Crippen molar-refractivity contribution in [3.8, 4) is 6.07 Å². The zero-order valence-electron chi connectivity index (χ0n) is 6.87. The molecule has 1 aromatic rings. The van der Waals surface area contributed by atoms with E-state index in [2.05, 4.69) is 0 Å². The van der Waals surface area contributed by atoms with Gasteiger partial charge in [-0.2, -0.15) is 5.26 Å². The van der Waals surface area contributed by atoms with E-state index in [0.717, 1.165) is 12.1 Å². The number of halogens is 2. The fourth-order valence-electron chi connectivity index (χ4n) is 0.955. The zero-order valence-corrected chi connectivity index (χ0v) is 8.44. The Balaban J connectivity index is 3.29. The van der Waals surface area contributed by atoms with Gasteiger partial charge in [-0.3, -0.25) is 0 Å². The lowest BCUT2D eigenvalue weighted by Gasteiger charge is -1.99. The molecule has 0 aliphatic rings. The van der Waals surface area contributed by atoms with Crippen LogP contribution in [0.3, 0.4) is 0 Å². The van der Waals surface area contributed by atoms with E-state index in [1.165, 1.54) is 6.07 Å². The summed E-state index contributed by atoms with van der Waals surface area (Å²) in [6.45, 7) is 0. The van der Waals surface area contributed by atoms with E-state index in [9.17, 15) is 12.8 Å². The average molecular weight is 234 g/mol. The van der Waals surface area contributed by atoms with E-state index in [1.54, 1.807) is 6.07 Å². The monoisotopic (exact) mass is 233 g/mol. The summed E-state index contributed by atoms with van der Waals surface area (Å²) in [7, 11) is 1.08. The molecule has 0 atom stereocenters. The van der Waals surface area contributed by atoms with Crippen LogP contribution < -0.4 is 0 Å². The van der Waals surface area contributed by atoms with Crippen molar-refractivity contribution in [2.24, 2.45) is 0 Å². The number of rotatable bonds is 2. The van der Waals surface area contributed by atoms with E-state index in [4.69, 9.17) is 15.9 Å². The van der Waals surface area contributed by atoms with E-state index in [1.807, 2.05) is 0 Å². The molecule has 0 unspecified atom stereocenters. The van der Waals surface area contributed by atoms with Gasteiger partial charge < -0.3 is 0 Å². The maximum atomic E-state index is 12.8. The summed E-state index contributed by atoms with van der Waals surface area (Å²) in [5.74, 6) is -0.725. The number of hydrogen-bond acceptors (Lipinski definition) is 3. The summed E-state index contributed by atoms with van der Waals surface area (Å²) >= 11 is 0. The number of nitriles is 1. The fourth-order valence-corrected chi connectivity index (χ4v) is 1.77. The van der Waals surface area contributed by atoms with Crippen LogP contribution in [0, 0.1) is 17.1 Å². The second kappa shape index (κ2) is 3.95. The van der Waals surface area contributed by atoms with Gasteiger partial charge in [0.25, 0.3) is 9.05 Å². The topological polar surface area (TPSA) is 57.9 Å². The van der Waals surface area contributed by atoms with Crippen molar-refractivity contribution in [3.63, 3.8) is 0 Å². The molecule has 6 heteroatoms. The fraction of sp³-hybridized carbons (Fsp3) is 0.125. The van der Waals surface area contributed by atoms with Gasteiger partial charge in [0.1, 0.15) is 5.82 Å². The molecule has 0 aliphatic heterocycles. The molecule has 0 aliphatic carbocycles. The highest BCUT2D eigenvalue weighted by Gasteiger charge is 2.12. The average Bonchev–Trinajstić information content (AvgIpc) is 2.02. The molecule has 1 rings (SSSR count). The van der Waals surface area contributed by atoms with Crippen molar-refractivity contribution < 1.29 is 12.8 Å². The van der Waals surface area contributed by atoms with Gasteiger partial charge in [-0.05, 0) is 23.8 Å². The first kappa shape index (κ1) is 11.0. The molecule has 0 fully saturated rings. The molecule has 3 nitrogen and oxygen atoms in total. The quantitative estimate of drug-likeness (QED) is 0.732. The Morgan fingerprint density at radius 2 is 2.07 bits per heavy atom. The Labute approximate surface area is 85.2 Å². The minimum Gasteiger partial charge on any atom is -0.207 e. The van der Waals surface area contributed by atoms with E-state index >= 15 is 0 Å². The lowest BCUT2D eigenvalue weighted by atomic mass is 10.2. The molecular formula is C8H5ClFNO2S. The first-order valence-corrected chi connectivity index (χ1v) is 5.85. The summed E-state index contributed by atoms with van der Waals surface area (Å²) in [6, 6.07) is 4.86. The summed E-state index contributed by atoms with van der Waals surface area (Å²) in [4.78, 5) is -0.329. The molecule has 0 N–H and O–H groups in total. The number of nitrogens with zero attached hydrogens (tertiary/aromatic N) is 1. The highest BCUT2D eigenvalue weighted by atomic mass is 35.7. The molecule has 0 radical (unpaired) electrons. The van der Waals surface area contributed by atoms with Crippen LogP contribution in [-0.4, -0.2) is 8.42 Å². The Morgan fingerprint density at radius 3 is 2.57 bits per heavy atom. The molecule has 0 aromatic heterocycles. The van der Waals surface area contributed by atoms with Crippen molar-refractivity contribution in [1.29, 1.82) is 5.26 Å². The van der Waals surface area contributed by atoms with Crippen molar-refractivity contribution >= 4 is 19.7 Å². The first-order valence-electron chi connectivity index (χ1n) is 3.54. The van der Waals surface area contributed by atoms with Gasteiger partial charge in [0.2, 0.25) is 0 Å². The second-order valence-corrected chi connectivity index (χ2v) is 5.13. The lowest BCUT2D eigenvalue weighted by molar-refractivity contribution is 0.601. The first-order chi connectivity index (χ1) is 6.43. The normalized spacial score (nSPS) is 10.9. The van der Waals surface area contributed by atoms with Crippen molar-refractivity contribution in [2.45, 2.75) is 11.3 Å². The van der Waals surface area contributed by atoms with Crippen LogP contribution in [0.15, 0.2) is 23.1 Å². The third-order valence-corrected chi connectivity index (χ3v) is 2.83. The molecular weight excluding hydrogens is 229 g/mol. The van der Waals surface area contributed by atoms with Crippen LogP contribution in [0.4, 0.5) is 4.39 Å². The van der Waals surface area contributed by atoms with Gasteiger partial charge in [0.05, 0.1) is 17.4 Å². The molecule has 0 heterocycles. The predicted molar refractivity (Wildman–Crippen MR) is 48.8 cm³/mol. The van der Waals surface area contributed by atoms with Gasteiger partial charge >= 0.3 is 0 Å². The van der Waals surface area contributed by atoms with Crippen molar-refractivity contribution in [3.05, 3.63) is 29.6 Å². The van der Waals surface area contributed by atoms with Crippen LogP contribution in [0.5, 0.6) is 0 Å². The van der Waals surface area contributed by atoms with E-state index in [-0.39, 0.29) is 16.9 Å². The van der Waals surface area contributed by atoms with Crippen LogP contribution in [0.25, 0.3) is 0 Å². The second-order valence-electron chi connectivity index (χ2n) is 2.57. The Bertz CT molecular complexity index is 493. The van der Waals surface area contributed by atoms with Crippen LogP contribution in [0.1, 0.15) is 5.56 Å². The Hall–Kier alpha value is -1.12. The molecule has 0 saturated carbocycles. The van der Waals surface area contributed by atoms with Crippen LogP contribution in [0.2, 0.25) is 0 Å². The summed E-state index contributed by atoms with van der Waals surface area (Å²) in [6.07, 6.45) is -0.0584. The molecule has 0 spiro atoms. The van der Waals surface area contributed by atoms with E-state index < -0.39 is 14.9 Å². The minimum atomic E-state index is -3.94. The lowest BCUT2D eigenvalue weighted by Crippen LogP contribution is -1.94. The summed E-state index contributed by atoms with van der Waals surface area (Å²) in [5, 5.41) is 8.35. The SMILES string of the molecule is N#CCc1cc(F)cc(S(=O)(=O)Cl)c1. The van der Waals surface area contributed by atoms with Crippen LogP contribution in [-0.2, 0) is 15.5 Å². The molecule has 0 saturated heterocycles. The molecule has 1 aromatic carbocycles. The minimum absolute atomic E-state index is 0.0584. The highest BCUT2D eigenvalue weighted by Crippen LogP contribution is 2.18. The summed E-state index contributed by atoms with van der Waals surface area (Å²) in [5.41, 5.74) is 0.284. The van der Waals surface area contributed by atoms with Crippen molar-refractivity contribution in [2.75, 3.05) is 0 Å². The largest absolute Gasteiger partial charge is 0.261 e. The number of benzene rings is 1. The maximum Gasteiger partial charge on any atom is 0.261 e. The maximum absolute atomic E-state index is 12.8. The predicted octanol–water partition coefficient (Wildman–Crippen LogP) is 1.82. The molecule has 14 heavy (non-hydrogen) atoms. The Morgan fingerprint density at radius 1 is 1.43 bits per heavy atom. The smallest absolute Gasteiger partial charge is 0.207 e.